The number of aryl methyl sites for hydroxylation is 1. The van der Waals surface area contributed by atoms with Gasteiger partial charge in [-0.2, -0.15) is 0 Å². The van der Waals surface area contributed by atoms with Crippen molar-refractivity contribution in [3.8, 4) is 0 Å². The molecule has 1 aliphatic rings. The van der Waals surface area contributed by atoms with E-state index in [1.807, 2.05) is 75.4 Å². The van der Waals surface area contributed by atoms with Gasteiger partial charge < -0.3 is 10.1 Å². The highest BCUT2D eigenvalue weighted by atomic mass is 16.6. The highest BCUT2D eigenvalue weighted by Crippen LogP contribution is 2.26. The van der Waals surface area contributed by atoms with Crippen LogP contribution in [0.5, 0.6) is 0 Å². The Morgan fingerprint density at radius 1 is 1.10 bits per heavy atom. The number of rotatable bonds is 7. The monoisotopic (exact) mass is 408 g/mol. The first-order valence-electron chi connectivity index (χ1n) is 10.2. The number of ether oxygens (including phenoxy) is 1. The Kier molecular flexibility index (Phi) is 6.87. The molecular weight excluding hydrogens is 380 g/mol. The molecule has 1 fully saturated rings. The molecule has 0 aromatic heterocycles. The van der Waals surface area contributed by atoms with Gasteiger partial charge in [0, 0.05) is 5.92 Å². The first-order chi connectivity index (χ1) is 14.3. The standard InChI is InChI=1S/C24H28N2O4/c1-16(2)23(26-15-21(27)25-14-22(26)28)30-24(29)20(13-18-9-5-4-6-10-18)19-11-7-8-17(3)12-19/h4-12,16,20,23H,13-15H2,1-3H3,(H,25,27). The molecule has 1 aliphatic heterocycles. The van der Waals surface area contributed by atoms with Crippen molar-refractivity contribution in [2.24, 2.45) is 5.92 Å². The summed E-state index contributed by atoms with van der Waals surface area (Å²) < 4.78 is 5.88. The van der Waals surface area contributed by atoms with Gasteiger partial charge in [-0.25, -0.2) is 0 Å². The maximum absolute atomic E-state index is 13.3. The fourth-order valence-corrected chi connectivity index (χ4v) is 3.64. The van der Waals surface area contributed by atoms with Crippen LogP contribution in [0.1, 0.15) is 36.5 Å². The number of hydrogen-bond acceptors (Lipinski definition) is 4. The minimum absolute atomic E-state index is 0.0784. The Balaban J connectivity index is 1.87. The van der Waals surface area contributed by atoms with Gasteiger partial charge in [-0.15, -0.1) is 0 Å². The fourth-order valence-electron chi connectivity index (χ4n) is 3.64. The molecule has 1 heterocycles. The fraction of sp³-hybridized carbons (Fsp3) is 0.375. The first kappa shape index (κ1) is 21.6. The van der Waals surface area contributed by atoms with Crippen molar-refractivity contribution in [3.63, 3.8) is 0 Å². The van der Waals surface area contributed by atoms with Crippen LogP contribution in [0.15, 0.2) is 54.6 Å². The smallest absolute Gasteiger partial charge is 0.315 e. The Morgan fingerprint density at radius 3 is 2.50 bits per heavy atom. The molecule has 0 spiro atoms. The maximum Gasteiger partial charge on any atom is 0.315 e. The lowest BCUT2D eigenvalue weighted by molar-refractivity contribution is -0.174. The third-order valence-corrected chi connectivity index (χ3v) is 5.20. The molecule has 1 saturated heterocycles. The predicted molar refractivity (Wildman–Crippen MR) is 114 cm³/mol. The zero-order valence-electron chi connectivity index (χ0n) is 17.6. The molecule has 2 unspecified atom stereocenters. The number of carbonyl (C=O) groups excluding carboxylic acids is 3. The van der Waals surface area contributed by atoms with Gasteiger partial charge in [0.25, 0.3) is 0 Å². The van der Waals surface area contributed by atoms with Crippen LogP contribution in [-0.4, -0.2) is 42.0 Å². The summed E-state index contributed by atoms with van der Waals surface area (Å²) >= 11 is 0. The van der Waals surface area contributed by atoms with Crippen molar-refractivity contribution in [2.45, 2.75) is 39.3 Å². The van der Waals surface area contributed by atoms with Gasteiger partial charge in [0.05, 0.1) is 12.5 Å². The van der Waals surface area contributed by atoms with E-state index in [1.165, 1.54) is 4.90 Å². The minimum Gasteiger partial charge on any atom is -0.441 e. The van der Waals surface area contributed by atoms with Gasteiger partial charge in [-0.1, -0.05) is 74.0 Å². The molecule has 0 radical (unpaired) electrons. The van der Waals surface area contributed by atoms with Gasteiger partial charge in [-0.3, -0.25) is 19.3 Å². The first-order valence-corrected chi connectivity index (χ1v) is 10.2. The minimum atomic E-state index is -0.792. The average molecular weight is 408 g/mol. The van der Waals surface area contributed by atoms with Crippen LogP contribution in [0.4, 0.5) is 0 Å². The third-order valence-electron chi connectivity index (χ3n) is 5.20. The molecule has 0 aliphatic carbocycles. The topological polar surface area (TPSA) is 75.7 Å². The van der Waals surface area contributed by atoms with E-state index >= 15 is 0 Å². The zero-order chi connectivity index (χ0) is 21.7. The van der Waals surface area contributed by atoms with Crippen LogP contribution in [0, 0.1) is 12.8 Å². The lowest BCUT2D eigenvalue weighted by atomic mass is 9.91. The molecule has 30 heavy (non-hydrogen) atoms. The van der Waals surface area contributed by atoms with Crippen LogP contribution in [0.3, 0.4) is 0 Å². The predicted octanol–water partition coefficient (Wildman–Crippen LogP) is 2.81. The van der Waals surface area contributed by atoms with Crippen molar-refractivity contribution in [1.82, 2.24) is 10.2 Å². The van der Waals surface area contributed by atoms with Crippen LogP contribution in [0.2, 0.25) is 0 Å². The lowest BCUT2D eigenvalue weighted by Gasteiger charge is -2.36. The van der Waals surface area contributed by atoms with E-state index < -0.39 is 18.1 Å². The second-order valence-corrected chi connectivity index (χ2v) is 8.03. The molecule has 158 valence electrons. The van der Waals surface area contributed by atoms with E-state index in [0.29, 0.717) is 6.42 Å². The van der Waals surface area contributed by atoms with E-state index in [9.17, 15) is 14.4 Å². The second-order valence-electron chi connectivity index (χ2n) is 8.03. The van der Waals surface area contributed by atoms with Gasteiger partial charge in [-0.05, 0) is 24.5 Å². The van der Waals surface area contributed by atoms with Crippen molar-refractivity contribution >= 4 is 17.8 Å². The van der Waals surface area contributed by atoms with Gasteiger partial charge in [0.15, 0.2) is 6.23 Å². The molecule has 0 saturated carbocycles. The van der Waals surface area contributed by atoms with E-state index in [0.717, 1.165) is 16.7 Å². The number of amides is 2. The van der Waals surface area contributed by atoms with E-state index in [1.54, 1.807) is 0 Å². The Hall–Kier alpha value is -3.15. The van der Waals surface area contributed by atoms with E-state index in [-0.39, 0.29) is 30.8 Å². The molecule has 2 amide bonds. The Bertz CT molecular complexity index is 910. The molecule has 2 aromatic carbocycles. The van der Waals surface area contributed by atoms with E-state index in [2.05, 4.69) is 5.32 Å². The quantitative estimate of drug-likeness (QED) is 0.715. The molecule has 1 N–H and O–H groups in total. The van der Waals surface area contributed by atoms with Gasteiger partial charge in [0.1, 0.15) is 6.54 Å². The summed E-state index contributed by atoms with van der Waals surface area (Å²) in [6.07, 6.45) is -0.304. The largest absolute Gasteiger partial charge is 0.441 e. The highest BCUT2D eigenvalue weighted by Gasteiger charge is 2.36. The van der Waals surface area contributed by atoms with Gasteiger partial charge in [0.2, 0.25) is 11.8 Å². The van der Waals surface area contributed by atoms with Crippen LogP contribution < -0.4 is 5.32 Å². The van der Waals surface area contributed by atoms with Crippen molar-refractivity contribution in [2.75, 3.05) is 13.1 Å². The summed E-state index contributed by atoms with van der Waals surface area (Å²) in [6, 6.07) is 17.6. The Labute approximate surface area is 177 Å². The second kappa shape index (κ2) is 9.57. The number of esters is 1. The summed E-state index contributed by atoms with van der Waals surface area (Å²) in [5, 5.41) is 2.53. The van der Waals surface area contributed by atoms with E-state index in [4.69, 9.17) is 4.74 Å². The molecule has 6 nitrogen and oxygen atoms in total. The summed E-state index contributed by atoms with van der Waals surface area (Å²) in [5.41, 5.74) is 2.95. The number of piperazine rings is 1. The summed E-state index contributed by atoms with van der Waals surface area (Å²) in [4.78, 5) is 38.9. The average Bonchev–Trinajstić information content (AvgIpc) is 2.72. The van der Waals surface area contributed by atoms with Crippen LogP contribution >= 0.6 is 0 Å². The molecular formula is C24H28N2O4. The Morgan fingerprint density at radius 2 is 1.83 bits per heavy atom. The molecule has 3 rings (SSSR count). The SMILES string of the molecule is Cc1cccc(C(Cc2ccccc2)C(=O)OC(C(C)C)N2CC(=O)NCC2=O)c1. The van der Waals surface area contributed by atoms with Crippen LogP contribution in [0.25, 0.3) is 0 Å². The molecule has 2 aromatic rings. The lowest BCUT2D eigenvalue weighted by Crippen LogP contribution is -2.57. The maximum atomic E-state index is 13.3. The number of nitrogens with zero attached hydrogens (tertiary/aromatic N) is 1. The number of hydrogen-bond donors (Lipinski definition) is 1. The normalized spacial score (nSPS) is 16.2. The summed E-state index contributed by atoms with van der Waals surface area (Å²) in [5.74, 6) is -1.57. The molecule has 2 atom stereocenters. The van der Waals surface area contributed by atoms with Crippen molar-refractivity contribution < 1.29 is 19.1 Å². The molecule has 0 bridgehead atoms. The number of nitrogens with one attached hydrogen (secondary N) is 1. The number of carbonyl (C=O) groups is 3. The zero-order valence-corrected chi connectivity index (χ0v) is 17.6. The highest BCUT2D eigenvalue weighted by molar-refractivity contribution is 5.92. The summed E-state index contributed by atoms with van der Waals surface area (Å²) in [6.45, 7) is 5.54. The third kappa shape index (κ3) is 5.26. The van der Waals surface area contributed by atoms with Crippen molar-refractivity contribution in [3.05, 3.63) is 71.3 Å². The summed E-state index contributed by atoms with van der Waals surface area (Å²) in [7, 11) is 0. The van der Waals surface area contributed by atoms with Crippen LogP contribution in [-0.2, 0) is 25.5 Å². The molecule has 6 heteroatoms. The van der Waals surface area contributed by atoms with Gasteiger partial charge >= 0.3 is 5.97 Å². The van der Waals surface area contributed by atoms with Crippen molar-refractivity contribution in [1.29, 1.82) is 0 Å². The number of benzene rings is 2.